The van der Waals surface area contributed by atoms with Gasteiger partial charge in [-0.3, -0.25) is 5.32 Å². The van der Waals surface area contributed by atoms with Gasteiger partial charge in [-0.1, -0.05) is 44.0 Å². The second kappa shape index (κ2) is 5.80. The molecule has 3 heteroatoms. The number of hydrogen-bond donors (Lipinski definition) is 1. The summed E-state index contributed by atoms with van der Waals surface area (Å²) in [5, 5.41) is 3.68. The number of nitrogens with one attached hydrogen (secondary N) is 1. The highest BCUT2D eigenvalue weighted by Gasteiger charge is 2.47. The molecule has 2 aliphatic rings. The normalized spacial score (nSPS) is 29.1. The van der Waals surface area contributed by atoms with Gasteiger partial charge in [0.1, 0.15) is 5.54 Å². The minimum atomic E-state index is -0.646. The molecule has 2 unspecified atom stereocenters. The molecular formula is C18H25NO2. The summed E-state index contributed by atoms with van der Waals surface area (Å²) in [6, 6.07) is 8.80. The Morgan fingerprint density at radius 3 is 2.67 bits per heavy atom. The van der Waals surface area contributed by atoms with Gasteiger partial charge < -0.3 is 4.74 Å². The number of fused-ring (bicyclic) bond motifs is 1. The second-order valence-corrected chi connectivity index (χ2v) is 6.55. The molecule has 0 aliphatic heterocycles. The van der Waals surface area contributed by atoms with Crippen LogP contribution in [0.25, 0.3) is 0 Å². The lowest BCUT2D eigenvalue weighted by Gasteiger charge is -2.41. The van der Waals surface area contributed by atoms with Crippen molar-refractivity contribution in [2.24, 2.45) is 0 Å². The lowest BCUT2D eigenvalue weighted by atomic mass is 9.72. The van der Waals surface area contributed by atoms with E-state index in [0.29, 0.717) is 12.0 Å². The third-order valence-electron chi connectivity index (χ3n) is 5.24. The van der Waals surface area contributed by atoms with Gasteiger partial charge in [0.2, 0.25) is 0 Å². The molecule has 1 N–H and O–H groups in total. The summed E-state index contributed by atoms with van der Waals surface area (Å²) >= 11 is 0. The van der Waals surface area contributed by atoms with Gasteiger partial charge in [-0.15, -0.1) is 0 Å². The van der Waals surface area contributed by atoms with Crippen LogP contribution in [0, 0.1) is 0 Å². The fourth-order valence-electron chi connectivity index (χ4n) is 4.05. The fourth-order valence-corrected chi connectivity index (χ4v) is 4.05. The van der Waals surface area contributed by atoms with E-state index >= 15 is 0 Å². The molecule has 3 nitrogen and oxygen atoms in total. The average molecular weight is 287 g/mol. The molecule has 1 saturated carbocycles. The van der Waals surface area contributed by atoms with Crippen molar-refractivity contribution in [3.63, 3.8) is 0 Å². The molecule has 1 aromatic carbocycles. The number of benzene rings is 1. The molecule has 1 aromatic rings. The highest BCUT2D eigenvalue weighted by Crippen LogP contribution is 2.43. The van der Waals surface area contributed by atoms with E-state index in [-0.39, 0.29) is 5.97 Å². The zero-order valence-corrected chi connectivity index (χ0v) is 13.0. The van der Waals surface area contributed by atoms with Crippen LogP contribution < -0.4 is 5.32 Å². The number of hydrogen-bond acceptors (Lipinski definition) is 3. The van der Waals surface area contributed by atoms with Crippen molar-refractivity contribution in [1.82, 2.24) is 5.32 Å². The van der Waals surface area contributed by atoms with Crippen LogP contribution in [0.5, 0.6) is 0 Å². The van der Waals surface area contributed by atoms with Gasteiger partial charge in [-0.05, 0) is 42.7 Å². The summed E-state index contributed by atoms with van der Waals surface area (Å²) in [6.45, 7) is 2.25. The summed E-state index contributed by atoms with van der Waals surface area (Å²) in [5.74, 6) is 0.373. The van der Waals surface area contributed by atoms with Crippen LogP contribution in [-0.4, -0.2) is 19.1 Å². The van der Waals surface area contributed by atoms with Gasteiger partial charge in [0.25, 0.3) is 0 Å². The number of ether oxygens (including phenoxy) is 1. The molecule has 0 radical (unpaired) electrons. The molecule has 21 heavy (non-hydrogen) atoms. The van der Waals surface area contributed by atoms with Crippen LogP contribution in [0.15, 0.2) is 24.3 Å². The predicted octanol–water partition coefficient (Wildman–Crippen LogP) is 3.48. The first-order valence-electron chi connectivity index (χ1n) is 8.13. The van der Waals surface area contributed by atoms with Gasteiger partial charge in [-0.25, -0.2) is 4.79 Å². The highest BCUT2D eigenvalue weighted by molar-refractivity contribution is 5.83. The summed E-state index contributed by atoms with van der Waals surface area (Å²) in [4.78, 5) is 12.7. The van der Waals surface area contributed by atoms with Crippen LogP contribution in [-0.2, 0) is 15.1 Å². The quantitative estimate of drug-likeness (QED) is 0.865. The zero-order chi connectivity index (χ0) is 14.9. The lowest BCUT2D eigenvalue weighted by Crippen LogP contribution is -2.55. The Kier molecular flexibility index (Phi) is 4.03. The second-order valence-electron chi connectivity index (χ2n) is 6.55. The van der Waals surface area contributed by atoms with Crippen LogP contribution in [0.2, 0.25) is 0 Å². The molecule has 0 saturated heterocycles. The van der Waals surface area contributed by atoms with Crippen LogP contribution in [0.3, 0.4) is 0 Å². The molecule has 0 spiro atoms. The molecule has 0 bridgehead atoms. The Morgan fingerprint density at radius 1 is 1.24 bits per heavy atom. The van der Waals surface area contributed by atoms with Crippen molar-refractivity contribution in [3.05, 3.63) is 35.4 Å². The van der Waals surface area contributed by atoms with Gasteiger partial charge in [0.15, 0.2) is 0 Å². The molecule has 1 fully saturated rings. The Morgan fingerprint density at radius 2 is 1.95 bits per heavy atom. The number of methoxy groups -OCH3 is 1. The van der Waals surface area contributed by atoms with E-state index in [9.17, 15) is 4.79 Å². The Hall–Kier alpha value is -1.35. The van der Waals surface area contributed by atoms with Gasteiger partial charge in [0, 0.05) is 6.04 Å². The minimum Gasteiger partial charge on any atom is -0.467 e. The first-order valence-corrected chi connectivity index (χ1v) is 8.13. The summed E-state index contributed by atoms with van der Waals surface area (Å²) in [5.41, 5.74) is 1.77. The fraction of sp³-hybridized carbons (Fsp3) is 0.611. The monoisotopic (exact) mass is 287 g/mol. The Bertz CT molecular complexity index is 522. The third kappa shape index (κ3) is 2.48. The van der Waals surface area contributed by atoms with Crippen molar-refractivity contribution in [2.45, 2.75) is 62.9 Å². The SMILES string of the molecule is COC(=O)C1(NC2CCCC2)CCC(C)c2ccccc21. The molecule has 2 atom stereocenters. The number of esters is 1. The first kappa shape index (κ1) is 14.6. The predicted molar refractivity (Wildman–Crippen MR) is 83.2 cm³/mol. The largest absolute Gasteiger partial charge is 0.467 e. The van der Waals surface area contributed by atoms with Gasteiger partial charge in [0.05, 0.1) is 7.11 Å². The maximum atomic E-state index is 12.7. The molecule has 3 rings (SSSR count). The van der Waals surface area contributed by atoms with Crippen molar-refractivity contribution < 1.29 is 9.53 Å². The average Bonchev–Trinajstić information content (AvgIpc) is 3.02. The summed E-state index contributed by atoms with van der Waals surface area (Å²) < 4.78 is 5.19. The van der Waals surface area contributed by atoms with E-state index in [1.807, 2.05) is 6.07 Å². The van der Waals surface area contributed by atoms with Crippen molar-refractivity contribution >= 4 is 5.97 Å². The summed E-state index contributed by atoms with van der Waals surface area (Å²) in [6.07, 6.45) is 6.69. The van der Waals surface area contributed by atoms with E-state index in [1.165, 1.54) is 25.5 Å². The van der Waals surface area contributed by atoms with Crippen molar-refractivity contribution in [1.29, 1.82) is 0 Å². The minimum absolute atomic E-state index is 0.131. The Balaban J connectivity index is 2.03. The third-order valence-corrected chi connectivity index (χ3v) is 5.24. The molecule has 114 valence electrons. The Labute approximate surface area is 127 Å². The molecular weight excluding hydrogens is 262 g/mol. The zero-order valence-electron chi connectivity index (χ0n) is 13.0. The van der Waals surface area contributed by atoms with E-state index in [4.69, 9.17) is 4.74 Å². The smallest absolute Gasteiger partial charge is 0.330 e. The molecule has 2 aliphatic carbocycles. The van der Waals surface area contributed by atoms with Gasteiger partial charge in [-0.2, -0.15) is 0 Å². The van der Waals surface area contributed by atoms with E-state index in [0.717, 1.165) is 31.2 Å². The summed E-state index contributed by atoms with van der Waals surface area (Å²) in [7, 11) is 1.50. The van der Waals surface area contributed by atoms with Gasteiger partial charge >= 0.3 is 5.97 Å². The van der Waals surface area contributed by atoms with Crippen molar-refractivity contribution in [2.75, 3.05) is 7.11 Å². The van der Waals surface area contributed by atoms with Crippen LogP contribution in [0.4, 0.5) is 0 Å². The van der Waals surface area contributed by atoms with Crippen LogP contribution >= 0.6 is 0 Å². The maximum Gasteiger partial charge on any atom is 0.330 e. The number of carbonyl (C=O) groups excluding carboxylic acids is 1. The number of rotatable bonds is 3. The molecule has 0 amide bonds. The van der Waals surface area contributed by atoms with Crippen molar-refractivity contribution in [3.8, 4) is 0 Å². The molecule has 0 aromatic heterocycles. The van der Waals surface area contributed by atoms with E-state index in [2.05, 4.69) is 30.4 Å². The van der Waals surface area contributed by atoms with Crippen LogP contribution in [0.1, 0.15) is 62.5 Å². The van der Waals surface area contributed by atoms with E-state index < -0.39 is 5.54 Å². The van der Waals surface area contributed by atoms with E-state index in [1.54, 1.807) is 0 Å². The standard InChI is InChI=1S/C18H25NO2/c1-13-11-12-18(17(20)21-2,19-14-7-3-4-8-14)16-10-6-5-9-15(13)16/h5-6,9-10,13-14,19H,3-4,7-8,11-12H2,1-2H3. The maximum absolute atomic E-state index is 12.7. The lowest BCUT2D eigenvalue weighted by molar-refractivity contribution is -0.150. The first-order chi connectivity index (χ1) is 10.2. The topological polar surface area (TPSA) is 38.3 Å². The molecule has 0 heterocycles. The highest BCUT2D eigenvalue weighted by atomic mass is 16.5. The number of carbonyl (C=O) groups is 1.